The zero-order chi connectivity index (χ0) is 11.8. The number of hydrazine groups is 2. The Kier molecular flexibility index (Phi) is 6.80. The average molecular weight is 263 g/mol. The minimum Gasteiger partial charge on any atom is -0.219 e. The molecule has 0 radical (unpaired) electrons. The first-order valence-corrected chi connectivity index (χ1v) is 5.03. The fourth-order valence-electron chi connectivity index (χ4n) is 0.804. The maximum absolute atomic E-state index is 10.6. The van der Waals surface area contributed by atoms with Crippen LogP contribution >= 0.6 is 23.2 Å². The molecule has 0 aliphatic rings. The van der Waals surface area contributed by atoms with Crippen LogP contribution in [0, 0.1) is 9.81 Å². The largest absolute Gasteiger partial charge is 0.359 e. The van der Waals surface area contributed by atoms with E-state index in [1.807, 2.05) is 0 Å². The second-order valence-electron chi connectivity index (χ2n) is 2.48. The van der Waals surface area contributed by atoms with E-state index in [9.17, 15) is 9.81 Å². The molecule has 0 unspecified atom stereocenters. The summed E-state index contributed by atoms with van der Waals surface area (Å²) in [6.45, 7) is -0.276. The summed E-state index contributed by atoms with van der Waals surface area (Å²) in [7, 11) is 0. The summed E-state index contributed by atoms with van der Waals surface area (Å²) < 4.78 is 0. The van der Waals surface area contributed by atoms with Gasteiger partial charge in [0.1, 0.15) is 9.81 Å². The van der Waals surface area contributed by atoms with Gasteiger partial charge in [0, 0.05) is 11.8 Å². The smallest absolute Gasteiger partial charge is 0.219 e. The summed E-state index contributed by atoms with van der Waals surface area (Å²) in [5.74, 6) is 0.163. The van der Waals surface area contributed by atoms with Gasteiger partial charge in [-0.2, -0.15) is 0 Å². The zero-order valence-corrected chi connectivity index (χ0v) is 9.30. The van der Waals surface area contributed by atoms with Gasteiger partial charge in [0.05, 0.1) is 13.1 Å². The van der Waals surface area contributed by atoms with Gasteiger partial charge in [-0.15, -0.1) is 23.2 Å². The van der Waals surface area contributed by atoms with Crippen molar-refractivity contribution >= 4 is 23.2 Å². The Morgan fingerprint density at radius 2 is 1.27 bits per heavy atom. The standard InChI is InChI=1S/C5H12Cl2N4O4/c6-1-3-8(10(12)13)5-9(4-2-7)11(14)15/h1-5H2,(H,12,13)(H,14,15)/q+2. The van der Waals surface area contributed by atoms with Gasteiger partial charge >= 0.3 is 10.1 Å². The Labute approximate surface area is 95.6 Å². The van der Waals surface area contributed by atoms with E-state index >= 15 is 0 Å². The quantitative estimate of drug-likeness (QED) is 0.369. The zero-order valence-electron chi connectivity index (χ0n) is 7.79. The minimum absolute atomic E-state index is 0.0220. The molecule has 0 atom stereocenters. The van der Waals surface area contributed by atoms with Crippen LogP contribution in [-0.4, -0.2) is 62.0 Å². The maximum atomic E-state index is 10.6. The highest BCUT2D eigenvalue weighted by atomic mass is 35.5. The number of hydrogen-bond donors (Lipinski definition) is 2. The summed E-state index contributed by atoms with van der Waals surface area (Å²) in [5.41, 5.74) is 0. The fraction of sp³-hybridized carbons (Fsp3) is 1.00. The number of alkyl halides is 2. The third kappa shape index (κ3) is 5.43. The van der Waals surface area contributed by atoms with E-state index in [-0.39, 0.29) is 31.5 Å². The molecule has 10 heteroatoms. The van der Waals surface area contributed by atoms with Crippen molar-refractivity contribution in [2.45, 2.75) is 0 Å². The van der Waals surface area contributed by atoms with Gasteiger partial charge in [-0.3, -0.25) is 0 Å². The number of hydrogen-bond acceptors (Lipinski definition) is 2. The lowest BCUT2D eigenvalue weighted by atomic mass is 10.6. The van der Waals surface area contributed by atoms with Gasteiger partial charge in [0.25, 0.3) is 0 Å². The topological polar surface area (TPSA) is 87.1 Å². The van der Waals surface area contributed by atoms with E-state index in [1.165, 1.54) is 0 Å². The van der Waals surface area contributed by atoms with Crippen LogP contribution in [-0.2, 0) is 0 Å². The molecule has 0 amide bonds. The van der Waals surface area contributed by atoms with Crippen molar-refractivity contribution in [1.29, 1.82) is 0 Å². The Morgan fingerprint density at radius 3 is 1.47 bits per heavy atom. The summed E-state index contributed by atoms with van der Waals surface area (Å²) in [5, 5.41) is 18.0. The molecule has 0 aliphatic heterocycles. The van der Waals surface area contributed by atoms with Crippen LogP contribution in [0.25, 0.3) is 0 Å². The van der Waals surface area contributed by atoms with Crippen LogP contribution < -0.4 is 0 Å². The van der Waals surface area contributed by atoms with Gasteiger partial charge in [-0.05, 0) is 0 Å². The Morgan fingerprint density at radius 1 is 0.933 bits per heavy atom. The van der Waals surface area contributed by atoms with E-state index < -0.39 is 10.1 Å². The average Bonchev–Trinajstić information content (AvgIpc) is 2.15. The molecule has 0 rings (SSSR count). The molecule has 0 fully saturated rings. The third-order valence-corrected chi connectivity index (χ3v) is 1.83. The molecule has 0 aromatic heterocycles. The molecule has 0 saturated carbocycles. The van der Waals surface area contributed by atoms with Gasteiger partial charge < -0.3 is 0 Å². The van der Waals surface area contributed by atoms with Crippen molar-refractivity contribution in [2.24, 2.45) is 0 Å². The Bertz CT molecular complexity index is 207. The number of halogens is 2. The van der Waals surface area contributed by atoms with E-state index in [4.69, 9.17) is 33.6 Å². The molecule has 0 aromatic carbocycles. The first-order chi connectivity index (χ1) is 7.02. The predicted molar refractivity (Wildman–Crippen MR) is 50.5 cm³/mol. The van der Waals surface area contributed by atoms with Crippen molar-refractivity contribution in [3.8, 4) is 0 Å². The number of nitrogens with zero attached hydrogens (tertiary/aromatic N) is 4. The molecule has 2 N–H and O–H groups in total. The van der Waals surface area contributed by atoms with E-state index in [0.717, 1.165) is 10.0 Å². The van der Waals surface area contributed by atoms with Crippen LogP contribution in [0.15, 0.2) is 0 Å². The highest BCUT2D eigenvalue weighted by Gasteiger charge is 2.29. The Hall–Kier alpha value is -1.02. The van der Waals surface area contributed by atoms with Gasteiger partial charge in [0.15, 0.2) is 0 Å². The van der Waals surface area contributed by atoms with Gasteiger partial charge in [-0.25, -0.2) is 10.4 Å². The van der Waals surface area contributed by atoms with Crippen molar-refractivity contribution in [1.82, 2.24) is 10.0 Å². The van der Waals surface area contributed by atoms with E-state index in [2.05, 4.69) is 0 Å². The van der Waals surface area contributed by atoms with Crippen LogP contribution in [0.4, 0.5) is 0 Å². The monoisotopic (exact) mass is 262 g/mol. The molecule has 0 saturated heterocycles. The molecule has 88 valence electrons. The van der Waals surface area contributed by atoms with Crippen LogP contribution in [0.5, 0.6) is 0 Å². The summed E-state index contributed by atoms with van der Waals surface area (Å²) in [6.07, 6.45) is 0. The van der Waals surface area contributed by atoms with Gasteiger partial charge in [-0.1, -0.05) is 10.0 Å². The molecule has 0 bridgehead atoms. The summed E-state index contributed by atoms with van der Waals surface area (Å²) >= 11 is 10.7. The molecular formula is C5H12Cl2N4O4+2. The molecule has 0 spiro atoms. The fourth-order valence-corrected chi connectivity index (χ4v) is 1.19. The SMILES string of the molecule is O=[N+](O)N(CCCl)CN(CCCl)[N+](=O)O. The van der Waals surface area contributed by atoms with Crippen LogP contribution in [0.1, 0.15) is 0 Å². The first-order valence-electron chi connectivity index (χ1n) is 3.96. The lowest BCUT2D eigenvalue weighted by Crippen LogP contribution is -2.46. The molecule has 15 heavy (non-hydrogen) atoms. The van der Waals surface area contributed by atoms with Crippen molar-refractivity contribution in [3.05, 3.63) is 9.81 Å². The van der Waals surface area contributed by atoms with Crippen molar-refractivity contribution in [3.63, 3.8) is 0 Å². The minimum atomic E-state index is -0.451. The second-order valence-corrected chi connectivity index (χ2v) is 3.24. The maximum Gasteiger partial charge on any atom is 0.359 e. The lowest BCUT2D eigenvalue weighted by molar-refractivity contribution is -0.937. The molecular weight excluding hydrogens is 251 g/mol. The van der Waals surface area contributed by atoms with Crippen LogP contribution in [0.3, 0.4) is 0 Å². The van der Waals surface area contributed by atoms with E-state index in [0.29, 0.717) is 0 Å². The summed E-state index contributed by atoms with van der Waals surface area (Å²) in [6, 6.07) is 0. The molecule has 0 aromatic rings. The first kappa shape index (κ1) is 14.0. The van der Waals surface area contributed by atoms with Crippen molar-refractivity contribution in [2.75, 3.05) is 31.5 Å². The molecule has 0 heterocycles. The molecule has 0 aliphatic carbocycles. The molecule has 8 nitrogen and oxygen atoms in total. The van der Waals surface area contributed by atoms with Crippen LogP contribution in [0.2, 0.25) is 0 Å². The lowest BCUT2D eigenvalue weighted by Gasteiger charge is -2.12. The predicted octanol–water partition coefficient (Wildman–Crippen LogP) is 0.192. The normalized spacial score (nSPS) is 9.73. The Balaban J connectivity index is 4.32. The summed E-state index contributed by atoms with van der Waals surface area (Å²) in [4.78, 5) is 21.1. The third-order valence-electron chi connectivity index (χ3n) is 1.50. The van der Waals surface area contributed by atoms with Crippen molar-refractivity contribution < 1.29 is 20.5 Å². The van der Waals surface area contributed by atoms with E-state index in [1.54, 1.807) is 0 Å². The second kappa shape index (κ2) is 7.30. The highest BCUT2D eigenvalue weighted by Crippen LogP contribution is 1.96. The number of rotatable bonds is 8. The van der Waals surface area contributed by atoms with Gasteiger partial charge in [0.2, 0.25) is 6.67 Å². The highest BCUT2D eigenvalue weighted by molar-refractivity contribution is 6.18.